The molecule has 1 aliphatic rings. The Bertz CT molecular complexity index is 1420. The third-order valence-electron chi connectivity index (χ3n) is 5.97. The molecule has 2 aromatic heterocycles. The van der Waals surface area contributed by atoms with Crippen LogP contribution in [-0.4, -0.2) is 25.9 Å². The average Bonchev–Trinajstić information content (AvgIpc) is 3.38. The number of halogens is 1. The van der Waals surface area contributed by atoms with E-state index in [1.165, 1.54) is 22.5 Å². The number of aryl methyl sites for hydroxylation is 2. The molecule has 170 valence electrons. The standard InChI is InChI=1S/C24H24FN5O3/c1-2-4-15-6-8-16(9-7-15)30-24(32)33-20(28-30)5-3-12-26-19-14-29-21(31)13-27-18-11-10-17(25)22(19)23(18)29/h6-11,13,19,26H,2-5,12,14H2,1H3/t19-/m1/s1. The molecule has 33 heavy (non-hydrogen) atoms. The van der Waals surface area contributed by atoms with Crippen molar-refractivity contribution in [2.24, 2.45) is 0 Å². The molecule has 9 heteroatoms. The maximum atomic E-state index is 14.5. The second-order valence-corrected chi connectivity index (χ2v) is 8.24. The normalized spacial score (nSPS) is 14.9. The smallest absolute Gasteiger partial charge is 0.392 e. The van der Waals surface area contributed by atoms with Crippen LogP contribution in [0, 0.1) is 5.82 Å². The van der Waals surface area contributed by atoms with Gasteiger partial charge in [0.25, 0.3) is 5.56 Å². The second kappa shape index (κ2) is 8.74. The predicted molar refractivity (Wildman–Crippen MR) is 121 cm³/mol. The fourth-order valence-electron chi connectivity index (χ4n) is 4.41. The van der Waals surface area contributed by atoms with Crippen LogP contribution in [0.25, 0.3) is 16.7 Å². The Labute approximate surface area is 188 Å². The predicted octanol–water partition coefficient (Wildman–Crippen LogP) is 2.90. The molecule has 0 spiro atoms. The maximum absolute atomic E-state index is 14.5. The summed E-state index contributed by atoms with van der Waals surface area (Å²) in [5.41, 5.74) is 3.26. The summed E-state index contributed by atoms with van der Waals surface area (Å²) in [4.78, 5) is 28.5. The first kappa shape index (κ1) is 21.3. The van der Waals surface area contributed by atoms with Gasteiger partial charge in [0.05, 0.1) is 29.0 Å². The lowest BCUT2D eigenvalue weighted by Crippen LogP contribution is -2.26. The van der Waals surface area contributed by atoms with Gasteiger partial charge in [0.2, 0.25) is 5.89 Å². The molecule has 0 bridgehead atoms. The summed E-state index contributed by atoms with van der Waals surface area (Å²) in [6.07, 6.45) is 4.40. The number of nitrogens with one attached hydrogen (secondary N) is 1. The van der Waals surface area contributed by atoms with E-state index in [9.17, 15) is 14.0 Å². The minimum Gasteiger partial charge on any atom is -0.392 e. The fraction of sp³-hybridized carbons (Fsp3) is 0.333. The summed E-state index contributed by atoms with van der Waals surface area (Å²) < 4.78 is 22.7. The Hall–Kier alpha value is -3.59. The van der Waals surface area contributed by atoms with Crippen LogP contribution >= 0.6 is 0 Å². The topological polar surface area (TPSA) is 95.0 Å². The van der Waals surface area contributed by atoms with Crippen molar-refractivity contribution < 1.29 is 8.81 Å². The molecule has 3 heterocycles. The van der Waals surface area contributed by atoms with E-state index in [1.807, 2.05) is 24.3 Å². The van der Waals surface area contributed by atoms with Gasteiger partial charge in [-0.3, -0.25) is 4.79 Å². The van der Waals surface area contributed by atoms with Crippen molar-refractivity contribution in [3.05, 3.63) is 86.3 Å². The molecule has 0 fully saturated rings. The van der Waals surface area contributed by atoms with Gasteiger partial charge in [0, 0.05) is 18.5 Å². The molecule has 5 rings (SSSR count). The lowest BCUT2D eigenvalue weighted by atomic mass is 10.1. The fourth-order valence-corrected chi connectivity index (χ4v) is 4.41. The Morgan fingerprint density at radius 1 is 1.15 bits per heavy atom. The molecular formula is C24H24FN5O3. The van der Waals surface area contributed by atoms with E-state index in [4.69, 9.17) is 4.42 Å². The van der Waals surface area contributed by atoms with Gasteiger partial charge in [-0.25, -0.2) is 14.2 Å². The Morgan fingerprint density at radius 2 is 1.97 bits per heavy atom. The van der Waals surface area contributed by atoms with E-state index in [1.54, 1.807) is 10.6 Å². The maximum Gasteiger partial charge on any atom is 0.441 e. The van der Waals surface area contributed by atoms with Crippen molar-refractivity contribution in [1.82, 2.24) is 24.6 Å². The summed E-state index contributed by atoms with van der Waals surface area (Å²) in [7, 11) is 0. The monoisotopic (exact) mass is 449 g/mol. The van der Waals surface area contributed by atoms with Crippen LogP contribution in [0.5, 0.6) is 0 Å². The van der Waals surface area contributed by atoms with E-state index < -0.39 is 5.76 Å². The first-order valence-electron chi connectivity index (χ1n) is 11.1. The zero-order valence-electron chi connectivity index (χ0n) is 18.3. The average molecular weight is 449 g/mol. The van der Waals surface area contributed by atoms with Crippen LogP contribution in [0.1, 0.15) is 42.8 Å². The highest BCUT2D eigenvalue weighted by Gasteiger charge is 2.28. The van der Waals surface area contributed by atoms with Gasteiger partial charge in [0.1, 0.15) is 5.82 Å². The van der Waals surface area contributed by atoms with Gasteiger partial charge in [-0.2, -0.15) is 4.68 Å². The second-order valence-electron chi connectivity index (χ2n) is 8.24. The Morgan fingerprint density at radius 3 is 2.76 bits per heavy atom. The van der Waals surface area contributed by atoms with Gasteiger partial charge >= 0.3 is 5.76 Å². The highest BCUT2D eigenvalue weighted by Crippen LogP contribution is 2.32. The van der Waals surface area contributed by atoms with Crippen LogP contribution in [0.15, 0.2) is 56.6 Å². The molecule has 0 aliphatic carbocycles. The molecule has 4 aromatic rings. The number of benzene rings is 2. The number of nitrogens with zero attached hydrogens (tertiary/aromatic N) is 4. The van der Waals surface area contributed by atoms with Crippen LogP contribution in [0.2, 0.25) is 0 Å². The van der Waals surface area contributed by atoms with E-state index in [2.05, 4.69) is 22.3 Å². The number of hydrogen-bond acceptors (Lipinski definition) is 6. The molecule has 1 N–H and O–H groups in total. The van der Waals surface area contributed by atoms with Gasteiger partial charge in [0.15, 0.2) is 0 Å². The number of aromatic nitrogens is 4. The van der Waals surface area contributed by atoms with Crippen molar-refractivity contribution in [2.75, 3.05) is 6.54 Å². The zero-order chi connectivity index (χ0) is 22.9. The van der Waals surface area contributed by atoms with Crippen LogP contribution in [0.3, 0.4) is 0 Å². The number of rotatable bonds is 8. The Kier molecular flexibility index (Phi) is 5.63. The molecule has 0 amide bonds. The summed E-state index contributed by atoms with van der Waals surface area (Å²) in [5, 5.41) is 7.63. The van der Waals surface area contributed by atoms with E-state index in [0.717, 1.165) is 12.8 Å². The van der Waals surface area contributed by atoms with E-state index in [0.29, 0.717) is 54.1 Å². The summed E-state index contributed by atoms with van der Waals surface area (Å²) in [5.74, 6) is -0.524. The minimum absolute atomic E-state index is 0.242. The molecule has 1 aliphatic heterocycles. The molecule has 0 saturated heterocycles. The Balaban J connectivity index is 1.23. The molecular weight excluding hydrogens is 425 g/mol. The summed E-state index contributed by atoms with van der Waals surface area (Å²) >= 11 is 0. The lowest BCUT2D eigenvalue weighted by molar-refractivity contribution is 0.434. The van der Waals surface area contributed by atoms with E-state index in [-0.39, 0.29) is 17.4 Å². The van der Waals surface area contributed by atoms with Crippen molar-refractivity contribution in [3.8, 4) is 5.69 Å². The third-order valence-corrected chi connectivity index (χ3v) is 5.97. The molecule has 0 radical (unpaired) electrons. The third kappa shape index (κ3) is 4.00. The van der Waals surface area contributed by atoms with Gasteiger partial charge in [-0.05, 0) is 49.2 Å². The van der Waals surface area contributed by atoms with Gasteiger partial charge in [-0.1, -0.05) is 25.5 Å². The SMILES string of the molecule is CCCc1ccc(-n2nc(CCCN[C@@H]3Cn4c(=O)cnc5ccc(F)c3c54)oc2=O)cc1. The van der Waals surface area contributed by atoms with E-state index >= 15 is 0 Å². The van der Waals surface area contributed by atoms with Crippen molar-refractivity contribution in [3.63, 3.8) is 0 Å². The quantitative estimate of drug-likeness (QED) is 0.416. The van der Waals surface area contributed by atoms with Gasteiger partial charge in [-0.15, -0.1) is 5.10 Å². The first-order chi connectivity index (χ1) is 16.0. The molecule has 0 saturated carbocycles. The lowest BCUT2D eigenvalue weighted by Gasteiger charge is -2.13. The zero-order valence-corrected chi connectivity index (χ0v) is 18.3. The largest absolute Gasteiger partial charge is 0.441 e. The van der Waals surface area contributed by atoms with Crippen molar-refractivity contribution in [1.29, 1.82) is 0 Å². The molecule has 2 aromatic carbocycles. The van der Waals surface area contributed by atoms with Crippen molar-refractivity contribution >= 4 is 11.0 Å². The van der Waals surface area contributed by atoms with Crippen molar-refractivity contribution in [2.45, 2.75) is 45.2 Å². The van der Waals surface area contributed by atoms with Crippen LogP contribution in [0.4, 0.5) is 4.39 Å². The molecule has 0 unspecified atom stereocenters. The highest BCUT2D eigenvalue weighted by molar-refractivity contribution is 5.80. The van der Waals surface area contributed by atoms with Crippen LogP contribution < -0.4 is 16.6 Å². The summed E-state index contributed by atoms with van der Waals surface area (Å²) in [6.45, 7) is 3.02. The number of hydrogen-bond donors (Lipinski definition) is 1. The molecule has 8 nitrogen and oxygen atoms in total. The highest BCUT2D eigenvalue weighted by atomic mass is 19.1. The minimum atomic E-state index is -0.520. The first-order valence-corrected chi connectivity index (χ1v) is 11.1. The molecule has 1 atom stereocenters. The summed E-state index contributed by atoms with van der Waals surface area (Å²) in [6, 6.07) is 10.4. The van der Waals surface area contributed by atoms with Crippen LogP contribution in [-0.2, 0) is 19.4 Å². The van der Waals surface area contributed by atoms with Gasteiger partial charge < -0.3 is 14.3 Å².